The van der Waals surface area contributed by atoms with Crippen LogP contribution in [0.3, 0.4) is 0 Å². The van der Waals surface area contributed by atoms with Gasteiger partial charge in [-0.3, -0.25) is 9.59 Å². The number of carbonyl (C=O) groups is 2. The standard InChI is InChI=1S/C13H18N2O5/c1-19-7-6-15(8-11(16)17)13(18)12-9-4-2-3-5-10(9)20-14-12/h2-8H2,1H3,(H,16,17). The number of ether oxygens (including phenoxy) is 1. The second-order valence-electron chi connectivity index (χ2n) is 4.75. The molecule has 1 aromatic heterocycles. The quantitative estimate of drug-likeness (QED) is 0.826. The molecular formula is C13H18N2O5. The smallest absolute Gasteiger partial charge is 0.323 e. The Morgan fingerprint density at radius 2 is 2.15 bits per heavy atom. The van der Waals surface area contributed by atoms with Gasteiger partial charge in [0.1, 0.15) is 12.3 Å². The largest absolute Gasteiger partial charge is 0.480 e. The molecule has 0 aliphatic heterocycles. The molecule has 0 atom stereocenters. The molecule has 7 nitrogen and oxygen atoms in total. The Morgan fingerprint density at radius 3 is 2.85 bits per heavy atom. The fraction of sp³-hybridized carbons (Fsp3) is 0.615. The van der Waals surface area contributed by atoms with Gasteiger partial charge in [0, 0.05) is 25.6 Å². The first kappa shape index (κ1) is 14.5. The number of carboxylic acid groups (broad SMARTS) is 1. The van der Waals surface area contributed by atoms with E-state index in [1.54, 1.807) is 0 Å². The lowest BCUT2D eigenvalue weighted by molar-refractivity contribution is -0.137. The van der Waals surface area contributed by atoms with Crippen molar-refractivity contribution in [2.24, 2.45) is 0 Å². The molecular weight excluding hydrogens is 264 g/mol. The minimum Gasteiger partial charge on any atom is -0.480 e. The van der Waals surface area contributed by atoms with Crippen molar-refractivity contribution >= 4 is 11.9 Å². The number of hydrogen-bond acceptors (Lipinski definition) is 5. The van der Waals surface area contributed by atoms with E-state index in [1.165, 1.54) is 12.0 Å². The number of carboxylic acids is 1. The van der Waals surface area contributed by atoms with E-state index in [-0.39, 0.29) is 25.4 Å². The minimum absolute atomic E-state index is 0.212. The number of fused-ring (bicyclic) bond motifs is 1. The molecule has 0 bridgehead atoms. The first-order chi connectivity index (χ1) is 9.63. The van der Waals surface area contributed by atoms with Gasteiger partial charge in [0.15, 0.2) is 5.69 Å². The summed E-state index contributed by atoms with van der Waals surface area (Å²) in [5.41, 5.74) is 1.08. The van der Waals surface area contributed by atoms with E-state index in [1.807, 2.05) is 0 Å². The lowest BCUT2D eigenvalue weighted by Crippen LogP contribution is -2.38. The monoisotopic (exact) mass is 282 g/mol. The summed E-state index contributed by atoms with van der Waals surface area (Å²) in [6, 6.07) is 0. The average Bonchev–Trinajstić information content (AvgIpc) is 2.86. The van der Waals surface area contributed by atoms with Crippen molar-refractivity contribution in [2.45, 2.75) is 25.7 Å². The Hall–Kier alpha value is -1.89. The number of aliphatic carboxylic acids is 1. The molecule has 1 aromatic rings. The van der Waals surface area contributed by atoms with Gasteiger partial charge in [-0.15, -0.1) is 0 Å². The van der Waals surface area contributed by atoms with Gasteiger partial charge in [0.25, 0.3) is 5.91 Å². The molecule has 0 radical (unpaired) electrons. The van der Waals surface area contributed by atoms with E-state index in [0.717, 1.165) is 37.0 Å². The fourth-order valence-electron chi connectivity index (χ4n) is 2.32. The van der Waals surface area contributed by atoms with Crippen LogP contribution < -0.4 is 0 Å². The van der Waals surface area contributed by atoms with Crippen LogP contribution in [0.5, 0.6) is 0 Å². The topological polar surface area (TPSA) is 92.9 Å². The third-order valence-corrected chi connectivity index (χ3v) is 3.33. The molecule has 110 valence electrons. The van der Waals surface area contributed by atoms with Crippen molar-refractivity contribution in [1.82, 2.24) is 10.1 Å². The van der Waals surface area contributed by atoms with Gasteiger partial charge in [0.2, 0.25) is 0 Å². The highest BCUT2D eigenvalue weighted by atomic mass is 16.5. The Morgan fingerprint density at radius 1 is 1.40 bits per heavy atom. The number of hydrogen-bond donors (Lipinski definition) is 1. The molecule has 1 N–H and O–H groups in total. The van der Waals surface area contributed by atoms with Crippen LogP contribution in [0.4, 0.5) is 0 Å². The number of rotatable bonds is 6. The van der Waals surface area contributed by atoms with Crippen LogP contribution >= 0.6 is 0 Å². The first-order valence-electron chi connectivity index (χ1n) is 6.61. The van der Waals surface area contributed by atoms with Crippen molar-refractivity contribution in [1.29, 1.82) is 0 Å². The SMILES string of the molecule is COCCN(CC(=O)O)C(=O)c1noc2c1CCCC2. The van der Waals surface area contributed by atoms with Gasteiger partial charge in [-0.2, -0.15) is 0 Å². The number of aryl methyl sites for hydroxylation is 1. The van der Waals surface area contributed by atoms with E-state index in [9.17, 15) is 9.59 Å². The van der Waals surface area contributed by atoms with Crippen molar-refractivity contribution in [3.63, 3.8) is 0 Å². The van der Waals surface area contributed by atoms with Crippen LogP contribution in [0.2, 0.25) is 0 Å². The molecule has 0 unspecified atom stereocenters. The Labute approximate surface area is 116 Å². The van der Waals surface area contributed by atoms with E-state index >= 15 is 0 Å². The second kappa shape index (κ2) is 6.51. The molecule has 1 amide bonds. The molecule has 0 saturated heterocycles. The van der Waals surface area contributed by atoms with Crippen molar-refractivity contribution in [3.8, 4) is 0 Å². The zero-order valence-electron chi connectivity index (χ0n) is 11.4. The lowest BCUT2D eigenvalue weighted by atomic mass is 9.96. The number of aromatic nitrogens is 1. The Bertz CT molecular complexity index is 497. The molecule has 0 fully saturated rings. The van der Waals surface area contributed by atoms with Gasteiger partial charge in [-0.25, -0.2) is 0 Å². The predicted octanol–water partition coefficient (Wildman–Crippen LogP) is 0.727. The lowest BCUT2D eigenvalue weighted by Gasteiger charge is -2.20. The molecule has 1 aliphatic carbocycles. The Balaban J connectivity index is 2.17. The number of amides is 1. The maximum atomic E-state index is 12.4. The van der Waals surface area contributed by atoms with E-state index in [4.69, 9.17) is 14.4 Å². The van der Waals surface area contributed by atoms with Crippen molar-refractivity contribution in [2.75, 3.05) is 26.8 Å². The van der Waals surface area contributed by atoms with Gasteiger partial charge < -0.3 is 19.3 Å². The third kappa shape index (κ3) is 3.16. The van der Waals surface area contributed by atoms with Crippen LogP contribution in [0.15, 0.2) is 4.52 Å². The van der Waals surface area contributed by atoms with Crippen LogP contribution in [-0.4, -0.2) is 53.8 Å². The van der Waals surface area contributed by atoms with E-state index in [2.05, 4.69) is 5.16 Å². The zero-order valence-corrected chi connectivity index (χ0v) is 11.4. The average molecular weight is 282 g/mol. The number of nitrogens with zero attached hydrogens (tertiary/aromatic N) is 2. The summed E-state index contributed by atoms with van der Waals surface area (Å²) in [6.45, 7) is 0.117. The first-order valence-corrected chi connectivity index (χ1v) is 6.61. The number of carbonyl (C=O) groups excluding carboxylic acids is 1. The van der Waals surface area contributed by atoms with Crippen molar-refractivity contribution in [3.05, 3.63) is 17.0 Å². The molecule has 0 aromatic carbocycles. The van der Waals surface area contributed by atoms with Crippen LogP contribution in [0, 0.1) is 0 Å². The summed E-state index contributed by atoms with van der Waals surface area (Å²) in [4.78, 5) is 24.5. The van der Waals surface area contributed by atoms with Crippen molar-refractivity contribution < 1.29 is 24.0 Å². The summed E-state index contributed by atoms with van der Waals surface area (Å²) < 4.78 is 10.1. The maximum absolute atomic E-state index is 12.4. The summed E-state index contributed by atoms with van der Waals surface area (Å²) in [7, 11) is 1.50. The number of methoxy groups -OCH3 is 1. The van der Waals surface area contributed by atoms with Crippen LogP contribution in [0.25, 0.3) is 0 Å². The van der Waals surface area contributed by atoms with Crippen LogP contribution in [0.1, 0.15) is 34.7 Å². The molecule has 7 heteroatoms. The summed E-state index contributed by atoms with van der Waals surface area (Å²) in [5.74, 6) is -0.718. The van der Waals surface area contributed by atoms with E-state index in [0.29, 0.717) is 0 Å². The van der Waals surface area contributed by atoms with Gasteiger partial charge in [-0.05, 0) is 19.3 Å². The molecule has 1 aliphatic rings. The maximum Gasteiger partial charge on any atom is 0.323 e. The highest BCUT2D eigenvalue weighted by Crippen LogP contribution is 2.25. The summed E-state index contributed by atoms with van der Waals surface area (Å²) in [5, 5.41) is 12.7. The molecule has 0 saturated carbocycles. The van der Waals surface area contributed by atoms with Gasteiger partial charge in [-0.1, -0.05) is 5.16 Å². The normalized spacial score (nSPS) is 13.8. The second-order valence-corrected chi connectivity index (χ2v) is 4.75. The molecule has 0 spiro atoms. The molecule has 1 heterocycles. The highest BCUT2D eigenvalue weighted by Gasteiger charge is 2.28. The van der Waals surface area contributed by atoms with Crippen LogP contribution in [-0.2, 0) is 22.4 Å². The highest BCUT2D eigenvalue weighted by molar-refractivity contribution is 5.95. The molecule has 2 rings (SSSR count). The predicted molar refractivity (Wildman–Crippen MR) is 68.6 cm³/mol. The summed E-state index contributed by atoms with van der Waals surface area (Å²) >= 11 is 0. The third-order valence-electron chi connectivity index (χ3n) is 3.33. The minimum atomic E-state index is -1.06. The van der Waals surface area contributed by atoms with E-state index < -0.39 is 11.9 Å². The zero-order chi connectivity index (χ0) is 14.5. The fourth-order valence-corrected chi connectivity index (χ4v) is 2.32. The molecule has 20 heavy (non-hydrogen) atoms. The summed E-state index contributed by atoms with van der Waals surface area (Å²) in [6.07, 6.45) is 3.56. The van der Waals surface area contributed by atoms with Gasteiger partial charge >= 0.3 is 5.97 Å². The van der Waals surface area contributed by atoms with Gasteiger partial charge in [0.05, 0.1) is 6.61 Å². The Kier molecular flexibility index (Phi) is 4.73.